The minimum Gasteiger partial charge on any atom is -0.494 e. The number of carbonyl (C=O) groups is 1. The van der Waals surface area contributed by atoms with Gasteiger partial charge in [-0.25, -0.2) is 14.2 Å². The summed E-state index contributed by atoms with van der Waals surface area (Å²) in [5.74, 6) is -1.45. The van der Waals surface area contributed by atoms with Gasteiger partial charge >= 0.3 is 5.97 Å². The number of nitrogens with zero attached hydrogens (tertiary/aromatic N) is 1. The zero-order chi connectivity index (χ0) is 13.1. The Morgan fingerprint density at radius 3 is 2.89 bits per heavy atom. The van der Waals surface area contributed by atoms with Crippen molar-refractivity contribution in [2.24, 2.45) is 0 Å². The van der Waals surface area contributed by atoms with Crippen LogP contribution in [0.3, 0.4) is 0 Å². The van der Waals surface area contributed by atoms with Crippen LogP contribution in [0.1, 0.15) is 10.5 Å². The Morgan fingerprint density at radius 2 is 2.33 bits per heavy atom. The van der Waals surface area contributed by atoms with Gasteiger partial charge in [-0.3, -0.25) is 0 Å². The number of thiazole rings is 1. The number of halogens is 1. The zero-order valence-electron chi connectivity index (χ0n) is 9.31. The molecule has 0 radical (unpaired) electrons. The second kappa shape index (κ2) is 5.01. The van der Waals surface area contributed by atoms with Crippen LogP contribution in [-0.4, -0.2) is 23.2 Å². The lowest BCUT2D eigenvalue weighted by molar-refractivity contribution is 0.0691. The number of anilines is 2. The Labute approximate surface area is 106 Å². The van der Waals surface area contributed by atoms with Crippen molar-refractivity contribution in [1.29, 1.82) is 0 Å². The Bertz CT molecular complexity index is 585. The fourth-order valence-corrected chi connectivity index (χ4v) is 2.00. The molecule has 0 aliphatic rings. The summed E-state index contributed by atoms with van der Waals surface area (Å²) in [5.41, 5.74) is 0.427. The summed E-state index contributed by atoms with van der Waals surface area (Å²) in [6.07, 6.45) is 0. The highest BCUT2D eigenvalue weighted by molar-refractivity contribution is 7.14. The highest BCUT2D eigenvalue weighted by atomic mass is 32.1. The summed E-state index contributed by atoms with van der Waals surface area (Å²) in [5, 5.41) is 13.3. The molecule has 1 heterocycles. The molecule has 0 saturated heterocycles. The van der Waals surface area contributed by atoms with Gasteiger partial charge in [-0.1, -0.05) is 0 Å². The minimum absolute atomic E-state index is 0.0449. The fourth-order valence-electron chi connectivity index (χ4n) is 1.30. The number of nitrogens with one attached hydrogen (secondary N) is 1. The number of hydrogen-bond donors (Lipinski definition) is 2. The van der Waals surface area contributed by atoms with Crippen LogP contribution in [0.2, 0.25) is 0 Å². The van der Waals surface area contributed by atoms with Gasteiger partial charge in [0.15, 0.2) is 22.4 Å². The smallest absolute Gasteiger partial charge is 0.355 e. The number of benzene rings is 1. The summed E-state index contributed by atoms with van der Waals surface area (Å²) < 4.78 is 18.2. The third-order valence-corrected chi connectivity index (χ3v) is 2.88. The molecule has 0 spiro atoms. The largest absolute Gasteiger partial charge is 0.494 e. The second-order valence-electron chi connectivity index (χ2n) is 3.32. The molecule has 1 aromatic heterocycles. The van der Waals surface area contributed by atoms with Crippen LogP contribution in [0.4, 0.5) is 15.2 Å². The molecule has 0 atom stereocenters. The molecule has 1 aromatic carbocycles. The first-order valence-corrected chi connectivity index (χ1v) is 5.77. The molecular weight excluding hydrogens is 259 g/mol. The highest BCUT2D eigenvalue weighted by Crippen LogP contribution is 2.25. The second-order valence-corrected chi connectivity index (χ2v) is 4.18. The van der Waals surface area contributed by atoms with E-state index in [9.17, 15) is 9.18 Å². The van der Waals surface area contributed by atoms with Gasteiger partial charge in [-0.2, -0.15) is 0 Å². The molecule has 7 heteroatoms. The van der Waals surface area contributed by atoms with Gasteiger partial charge in [0, 0.05) is 17.1 Å². The van der Waals surface area contributed by atoms with E-state index in [1.54, 1.807) is 6.07 Å². The first-order chi connectivity index (χ1) is 8.60. The standard InChI is InChI=1S/C11H9FN2O3S/c1-17-9-3-2-6(4-7(9)12)13-11-14-8(5-18-11)10(15)16/h2-5H,1H3,(H,13,14)(H,15,16). The molecule has 18 heavy (non-hydrogen) atoms. The molecule has 0 unspecified atom stereocenters. The van der Waals surface area contributed by atoms with Crippen LogP contribution >= 0.6 is 11.3 Å². The van der Waals surface area contributed by atoms with Crippen LogP contribution in [0, 0.1) is 5.82 Å². The molecule has 0 saturated carbocycles. The lowest BCUT2D eigenvalue weighted by Crippen LogP contribution is -1.97. The number of rotatable bonds is 4. The highest BCUT2D eigenvalue weighted by Gasteiger charge is 2.09. The average Bonchev–Trinajstić information content (AvgIpc) is 2.78. The maximum Gasteiger partial charge on any atom is 0.355 e. The molecule has 94 valence electrons. The van der Waals surface area contributed by atoms with E-state index in [4.69, 9.17) is 9.84 Å². The summed E-state index contributed by atoms with van der Waals surface area (Å²) in [6, 6.07) is 4.34. The van der Waals surface area contributed by atoms with Gasteiger partial charge in [-0.05, 0) is 12.1 Å². The van der Waals surface area contributed by atoms with Gasteiger partial charge in [0.2, 0.25) is 0 Å². The van der Waals surface area contributed by atoms with Crippen molar-refractivity contribution in [2.45, 2.75) is 0 Å². The topological polar surface area (TPSA) is 71.5 Å². The number of carboxylic acids is 1. The quantitative estimate of drug-likeness (QED) is 0.892. The number of methoxy groups -OCH3 is 1. The van der Waals surface area contributed by atoms with Crippen molar-refractivity contribution < 1.29 is 19.0 Å². The van der Waals surface area contributed by atoms with E-state index in [1.807, 2.05) is 0 Å². The molecule has 0 aliphatic carbocycles. The van der Waals surface area contributed by atoms with Crippen molar-refractivity contribution in [2.75, 3.05) is 12.4 Å². The summed E-state index contributed by atoms with van der Waals surface area (Å²) in [6.45, 7) is 0. The molecule has 0 fully saturated rings. The summed E-state index contributed by atoms with van der Waals surface area (Å²) >= 11 is 1.13. The van der Waals surface area contributed by atoms with E-state index in [0.717, 1.165) is 11.3 Å². The first-order valence-electron chi connectivity index (χ1n) is 4.89. The van der Waals surface area contributed by atoms with E-state index in [-0.39, 0.29) is 11.4 Å². The van der Waals surface area contributed by atoms with Crippen molar-refractivity contribution in [3.05, 3.63) is 35.1 Å². The van der Waals surface area contributed by atoms with E-state index in [2.05, 4.69) is 10.3 Å². The molecule has 0 aliphatic heterocycles. The number of carboxylic acid groups (broad SMARTS) is 1. The van der Waals surface area contributed by atoms with Crippen LogP contribution in [0.15, 0.2) is 23.6 Å². The van der Waals surface area contributed by atoms with E-state index < -0.39 is 11.8 Å². The number of aromatic nitrogens is 1. The van der Waals surface area contributed by atoms with E-state index in [1.165, 1.54) is 24.6 Å². The predicted octanol–water partition coefficient (Wildman–Crippen LogP) is 2.73. The maximum absolute atomic E-state index is 13.4. The molecule has 5 nitrogen and oxygen atoms in total. The Hall–Kier alpha value is -2.15. The van der Waals surface area contributed by atoms with Gasteiger partial charge in [-0.15, -0.1) is 11.3 Å². The van der Waals surface area contributed by atoms with Gasteiger partial charge < -0.3 is 15.2 Å². The van der Waals surface area contributed by atoms with Crippen LogP contribution in [0.25, 0.3) is 0 Å². The van der Waals surface area contributed by atoms with Crippen molar-refractivity contribution in [3.63, 3.8) is 0 Å². The Kier molecular flexibility index (Phi) is 3.42. The number of hydrogen-bond acceptors (Lipinski definition) is 5. The predicted molar refractivity (Wildman–Crippen MR) is 65.3 cm³/mol. The molecule has 2 aromatic rings. The van der Waals surface area contributed by atoms with Crippen LogP contribution in [-0.2, 0) is 0 Å². The first kappa shape index (κ1) is 12.3. The van der Waals surface area contributed by atoms with Crippen LogP contribution < -0.4 is 10.1 Å². The van der Waals surface area contributed by atoms with Gasteiger partial charge in [0.25, 0.3) is 0 Å². The lowest BCUT2D eigenvalue weighted by Gasteiger charge is -2.05. The number of ether oxygens (including phenoxy) is 1. The molecule has 2 rings (SSSR count). The summed E-state index contributed by atoms with van der Waals surface area (Å²) in [7, 11) is 1.38. The monoisotopic (exact) mass is 268 g/mol. The molecular formula is C11H9FN2O3S. The average molecular weight is 268 g/mol. The molecule has 0 amide bonds. The van der Waals surface area contributed by atoms with Gasteiger partial charge in [0.1, 0.15) is 0 Å². The normalized spacial score (nSPS) is 10.1. The summed E-state index contributed by atoms with van der Waals surface area (Å²) in [4.78, 5) is 14.5. The lowest BCUT2D eigenvalue weighted by atomic mass is 10.3. The van der Waals surface area contributed by atoms with Crippen molar-refractivity contribution in [3.8, 4) is 5.75 Å². The van der Waals surface area contributed by atoms with E-state index in [0.29, 0.717) is 10.8 Å². The molecule has 2 N–H and O–H groups in total. The zero-order valence-corrected chi connectivity index (χ0v) is 10.1. The Morgan fingerprint density at radius 1 is 1.56 bits per heavy atom. The molecule has 0 bridgehead atoms. The van der Waals surface area contributed by atoms with Gasteiger partial charge in [0.05, 0.1) is 7.11 Å². The maximum atomic E-state index is 13.4. The SMILES string of the molecule is COc1ccc(Nc2nc(C(=O)O)cs2)cc1F. The third-order valence-electron chi connectivity index (χ3n) is 2.13. The number of aromatic carboxylic acids is 1. The Balaban J connectivity index is 2.18. The van der Waals surface area contributed by atoms with Crippen LogP contribution in [0.5, 0.6) is 5.75 Å². The fraction of sp³-hybridized carbons (Fsp3) is 0.0909. The van der Waals surface area contributed by atoms with Crippen molar-refractivity contribution in [1.82, 2.24) is 4.98 Å². The third kappa shape index (κ3) is 2.57. The van der Waals surface area contributed by atoms with Crippen molar-refractivity contribution >= 4 is 28.1 Å². The minimum atomic E-state index is -1.10. The van der Waals surface area contributed by atoms with E-state index >= 15 is 0 Å².